The fourth-order valence-electron chi connectivity index (χ4n) is 1.20. The monoisotopic (exact) mass is 259 g/mol. The smallest absolute Gasteiger partial charge is 0.237 e. The first-order chi connectivity index (χ1) is 7.63. The molecule has 92 valence electrons. The van der Waals surface area contributed by atoms with E-state index in [0.29, 0.717) is 4.90 Å². The van der Waals surface area contributed by atoms with Crippen LogP contribution in [0.3, 0.4) is 0 Å². The normalized spacial score (nSPS) is 12.3. The molecule has 0 spiro atoms. The van der Waals surface area contributed by atoms with Gasteiger partial charge < -0.3 is 0 Å². The van der Waals surface area contributed by atoms with E-state index in [0.717, 1.165) is 12.1 Å². The summed E-state index contributed by atoms with van der Waals surface area (Å²) in [6.07, 6.45) is -4.40. The number of nitrogens with zero attached hydrogens (tertiary/aromatic N) is 1. The van der Waals surface area contributed by atoms with Crippen LogP contribution in [0.2, 0.25) is 0 Å². The number of rotatable bonds is 1. The van der Waals surface area contributed by atoms with Gasteiger partial charge in [-0.05, 0) is 6.07 Å². The van der Waals surface area contributed by atoms with Crippen molar-refractivity contribution in [3.63, 3.8) is 0 Å². The molecule has 0 unspecified atom stereocenters. The molecule has 0 atom stereocenters. The zero-order valence-corrected chi connectivity index (χ0v) is 10.5. The van der Waals surface area contributed by atoms with Gasteiger partial charge in [0.15, 0.2) is 0 Å². The van der Waals surface area contributed by atoms with E-state index >= 15 is 0 Å². The number of hydrogen-bond donors (Lipinski definition) is 0. The third-order valence-electron chi connectivity index (χ3n) is 1.82. The van der Waals surface area contributed by atoms with Crippen LogP contribution in [-0.2, 0) is 6.18 Å². The second-order valence-electron chi connectivity index (χ2n) is 4.51. The first kappa shape index (κ1) is 13.9. The molecule has 1 rings (SSSR count). The third kappa shape index (κ3) is 3.97. The molecule has 0 bridgehead atoms. The second-order valence-corrected chi connectivity index (χ2v) is 6.38. The molecule has 0 aliphatic heterocycles. The Labute approximate surface area is 103 Å². The van der Waals surface area contributed by atoms with Gasteiger partial charge in [-0.25, -0.2) is 4.85 Å². The maximum atomic E-state index is 12.5. The van der Waals surface area contributed by atoms with Gasteiger partial charge >= 0.3 is 6.18 Å². The number of benzene rings is 1. The van der Waals surface area contributed by atoms with Crippen molar-refractivity contribution in [2.24, 2.45) is 0 Å². The van der Waals surface area contributed by atoms with Crippen molar-refractivity contribution in [1.82, 2.24) is 0 Å². The molecule has 0 aliphatic rings. The standard InChI is InChI=1S/C12H12F3NS/c1-11(2,3)17-10-6-5-8(12(13,14)15)7-9(10)16-4/h5-7H,1-3H3. The largest absolute Gasteiger partial charge is 0.415 e. The number of thioether (sulfide) groups is 1. The Bertz CT molecular complexity index is 452. The van der Waals surface area contributed by atoms with E-state index in [-0.39, 0.29) is 10.4 Å². The van der Waals surface area contributed by atoms with Crippen molar-refractivity contribution < 1.29 is 13.2 Å². The van der Waals surface area contributed by atoms with E-state index in [9.17, 15) is 13.2 Å². The maximum absolute atomic E-state index is 12.5. The van der Waals surface area contributed by atoms with E-state index in [4.69, 9.17) is 6.57 Å². The summed E-state index contributed by atoms with van der Waals surface area (Å²) in [5.41, 5.74) is -0.721. The lowest BCUT2D eigenvalue weighted by Crippen LogP contribution is -2.07. The van der Waals surface area contributed by atoms with Crippen molar-refractivity contribution in [2.75, 3.05) is 0 Å². The molecule has 1 aromatic rings. The van der Waals surface area contributed by atoms with Crippen LogP contribution in [0.25, 0.3) is 4.85 Å². The van der Waals surface area contributed by atoms with Crippen LogP contribution in [0.1, 0.15) is 26.3 Å². The molecule has 17 heavy (non-hydrogen) atoms. The summed E-state index contributed by atoms with van der Waals surface area (Å²) in [5.74, 6) is 0. The fourth-order valence-corrected chi connectivity index (χ4v) is 2.20. The molecule has 0 heterocycles. The second kappa shape index (κ2) is 4.61. The van der Waals surface area contributed by atoms with Crippen LogP contribution >= 0.6 is 11.8 Å². The topological polar surface area (TPSA) is 4.36 Å². The summed E-state index contributed by atoms with van der Waals surface area (Å²) in [5, 5.41) is 0. The van der Waals surface area contributed by atoms with E-state index < -0.39 is 11.7 Å². The zero-order valence-electron chi connectivity index (χ0n) is 9.72. The summed E-state index contributed by atoms with van der Waals surface area (Å²) < 4.78 is 37.3. The molecule has 0 saturated heterocycles. The van der Waals surface area contributed by atoms with E-state index in [1.165, 1.54) is 17.8 Å². The average molecular weight is 259 g/mol. The lowest BCUT2D eigenvalue weighted by Gasteiger charge is -2.19. The molecule has 0 aromatic heterocycles. The molecule has 0 radical (unpaired) electrons. The SMILES string of the molecule is [C-]#[N+]c1cc(C(F)(F)F)ccc1SC(C)(C)C. The van der Waals surface area contributed by atoms with Crippen molar-refractivity contribution in [1.29, 1.82) is 0 Å². The molecule has 0 amide bonds. The molecule has 1 nitrogen and oxygen atoms in total. The van der Waals surface area contributed by atoms with E-state index in [2.05, 4.69) is 4.85 Å². The van der Waals surface area contributed by atoms with Gasteiger partial charge in [-0.1, -0.05) is 32.9 Å². The molecule has 0 saturated carbocycles. The Kier molecular flexibility index (Phi) is 3.78. The van der Waals surface area contributed by atoms with Crippen molar-refractivity contribution in [3.8, 4) is 0 Å². The minimum atomic E-state index is -4.40. The highest BCUT2D eigenvalue weighted by Gasteiger charge is 2.31. The Morgan fingerprint density at radius 2 is 1.76 bits per heavy atom. The van der Waals surface area contributed by atoms with Crippen LogP contribution in [-0.4, -0.2) is 4.75 Å². The Morgan fingerprint density at radius 3 is 2.18 bits per heavy atom. The fraction of sp³-hybridized carbons (Fsp3) is 0.417. The summed E-state index contributed by atoms with van der Waals surface area (Å²) in [4.78, 5) is 3.74. The predicted molar refractivity (Wildman–Crippen MR) is 63.3 cm³/mol. The van der Waals surface area contributed by atoms with Crippen molar-refractivity contribution in [3.05, 3.63) is 35.2 Å². The van der Waals surface area contributed by atoms with Crippen LogP contribution < -0.4 is 0 Å². The lowest BCUT2D eigenvalue weighted by molar-refractivity contribution is -0.137. The van der Waals surface area contributed by atoms with Gasteiger partial charge in [-0.2, -0.15) is 13.2 Å². The number of hydrogen-bond acceptors (Lipinski definition) is 1. The zero-order chi connectivity index (χ0) is 13.3. The van der Waals surface area contributed by atoms with Crippen LogP contribution in [0.5, 0.6) is 0 Å². The van der Waals surface area contributed by atoms with E-state index in [1.54, 1.807) is 0 Å². The average Bonchev–Trinajstić information content (AvgIpc) is 2.14. The highest BCUT2D eigenvalue weighted by Crippen LogP contribution is 2.41. The Morgan fingerprint density at radius 1 is 1.18 bits per heavy atom. The number of alkyl halides is 3. The van der Waals surface area contributed by atoms with Crippen molar-refractivity contribution in [2.45, 2.75) is 36.6 Å². The molecule has 1 aromatic carbocycles. The predicted octanol–water partition coefficient (Wildman–Crippen LogP) is 5.15. The molecular formula is C12H12F3NS. The lowest BCUT2D eigenvalue weighted by atomic mass is 10.2. The summed E-state index contributed by atoms with van der Waals surface area (Å²) in [7, 11) is 0. The Balaban J connectivity index is 3.16. The van der Waals surface area contributed by atoms with Crippen LogP contribution in [0, 0.1) is 6.57 Å². The molecule has 0 N–H and O–H groups in total. The molecular weight excluding hydrogens is 247 g/mol. The summed E-state index contributed by atoms with van der Waals surface area (Å²) >= 11 is 1.39. The van der Waals surface area contributed by atoms with Crippen molar-refractivity contribution >= 4 is 17.4 Å². The van der Waals surface area contributed by atoms with Gasteiger partial charge in [-0.3, -0.25) is 0 Å². The van der Waals surface area contributed by atoms with Gasteiger partial charge in [0.1, 0.15) is 0 Å². The number of halogens is 3. The first-order valence-corrected chi connectivity index (χ1v) is 5.73. The molecule has 0 aliphatic carbocycles. The summed E-state index contributed by atoms with van der Waals surface area (Å²) in [6, 6.07) is 3.29. The van der Waals surface area contributed by atoms with Crippen LogP contribution in [0.4, 0.5) is 18.9 Å². The van der Waals surface area contributed by atoms with Gasteiger partial charge in [0, 0.05) is 15.2 Å². The van der Waals surface area contributed by atoms with Gasteiger partial charge in [0.25, 0.3) is 0 Å². The van der Waals surface area contributed by atoms with Gasteiger partial charge in [0.05, 0.1) is 6.57 Å². The van der Waals surface area contributed by atoms with Crippen LogP contribution in [0.15, 0.2) is 23.1 Å². The molecule has 5 heteroatoms. The third-order valence-corrected chi connectivity index (χ3v) is 3.00. The maximum Gasteiger partial charge on any atom is 0.415 e. The minimum absolute atomic E-state index is 0.0553. The highest BCUT2D eigenvalue weighted by molar-refractivity contribution is 8.00. The van der Waals surface area contributed by atoms with E-state index in [1.807, 2.05) is 20.8 Å². The first-order valence-electron chi connectivity index (χ1n) is 4.91. The van der Waals surface area contributed by atoms with Gasteiger partial charge in [0.2, 0.25) is 5.69 Å². The quantitative estimate of drug-likeness (QED) is 0.498. The molecule has 0 fully saturated rings. The highest BCUT2D eigenvalue weighted by atomic mass is 32.2. The van der Waals surface area contributed by atoms with Gasteiger partial charge in [-0.15, -0.1) is 11.8 Å². The Hall–Kier alpha value is -1.15. The minimum Gasteiger partial charge on any atom is -0.237 e. The summed E-state index contributed by atoms with van der Waals surface area (Å²) in [6.45, 7) is 12.8.